The van der Waals surface area contributed by atoms with Crippen molar-refractivity contribution in [2.24, 2.45) is 0 Å². The molecule has 166 valence electrons. The summed E-state index contributed by atoms with van der Waals surface area (Å²) in [5.41, 5.74) is 4.11. The number of rotatable bonds is 7. The van der Waals surface area contributed by atoms with Crippen LogP contribution in [0.1, 0.15) is 16.7 Å². The summed E-state index contributed by atoms with van der Waals surface area (Å²) >= 11 is 0. The Morgan fingerprint density at radius 2 is 1.27 bits per heavy atom. The molecule has 0 amide bonds. The van der Waals surface area contributed by atoms with Gasteiger partial charge in [0, 0.05) is 11.8 Å². The summed E-state index contributed by atoms with van der Waals surface area (Å²) in [7, 11) is -2.24. The van der Waals surface area contributed by atoms with E-state index in [1.165, 1.54) is 4.31 Å². The lowest BCUT2D eigenvalue weighted by atomic mass is 9.99. The molecule has 0 saturated carbocycles. The fourth-order valence-electron chi connectivity index (χ4n) is 3.50. The summed E-state index contributed by atoms with van der Waals surface area (Å²) in [6.07, 6.45) is 1.70. The van der Waals surface area contributed by atoms with Crippen LogP contribution in [-0.4, -0.2) is 15.5 Å². The van der Waals surface area contributed by atoms with Crippen LogP contribution >= 0.6 is 0 Å². The van der Waals surface area contributed by atoms with Gasteiger partial charge in [0.05, 0.1) is 17.7 Å². The van der Waals surface area contributed by atoms with Crippen LogP contribution in [0.5, 0.6) is 5.75 Å². The molecule has 0 spiro atoms. The molecular formula is C28H25NO3S. The molecule has 0 aliphatic rings. The number of methoxy groups -OCH3 is 1. The van der Waals surface area contributed by atoms with Crippen LogP contribution in [-0.2, 0) is 10.0 Å². The minimum Gasteiger partial charge on any atom is -0.497 e. The zero-order chi connectivity index (χ0) is 23.3. The molecule has 0 radical (unpaired) electrons. The highest BCUT2D eigenvalue weighted by Gasteiger charge is 2.24. The molecule has 0 heterocycles. The van der Waals surface area contributed by atoms with E-state index in [0.29, 0.717) is 5.69 Å². The van der Waals surface area contributed by atoms with Crippen LogP contribution in [0.25, 0.3) is 5.57 Å². The van der Waals surface area contributed by atoms with Crippen molar-refractivity contribution in [3.63, 3.8) is 0 Å². The Bertz CT molecular complexity index is 1330. The third-order valence-corrected chi connectivity index (χ3v) is 7.02. The first-order valence-corrected chi connectivity index (χ1v) is 12.0. The van der Waals surface area contributed by atoms with Crippen LogP contribution in [0.15, 0.2) is 120 Å². The molecule has 33 heavy (non-hydrogen) atoms. The molecule has 0 aliphatic carbocycles. The molecule has 0 aliphatic heterocycles. The predicted molar refractivity (Wildman–Crippen MR) is 134 cm³/mol. The number of benzene rings is 4. The summed E-state index contributed by atoms with van der Waals surface area (Å²) < 4.78 is 34.3. The lowest BCUT2D eigenvalue weighted by Gasteiger charge is -2.23. The van der Waals surface area contributed by atoms with Gasteiger partial charge in [-0.15, -0.1) is 0 Å². The Morgan fingerprint density at radius 3 is 1.85 bits per heavy atom. The first-order chi connectivity index (χ1) is 16.0. The molecule has 5 heteroatoms. The highest BCUT2D eigenvalue weighted by atomic mass is 32.2. The minimum absolute atomic E-state index is 0.232. The van der Waals surface area contributed by atoms with Crippen LogP contribution in [0.4, 0.5) is 5.69 Å². The van der Waals surface area contributed by atoms with Crippen LogP contribution in [0.2, 0.25) is 0 Å². The topological polar surface area (TPSA) is 46.6 Å². The zero-order valence-corrected chi connectivity index (χ0v) is 19.4. The van der Waals surface area contributed by atoms with E-state index in [0.717, 1.165) is 28.0 Å². The third kappa shape index (κ3) is 4.99. The second kappa shape index (κ2) is 9.76. The number of hydrogen-bond donors (Lipinski definition) is 0. The van der Waals surface area contributed by atoms with Gasteiger partial charge in [-0.1, -0.05) is 78.4 Å². The minimum atomic E-state index is -3.86. The average molecular weight is 456 g/mol. The van der Waals surface area contributed by atoms with Gasteiger partial charge in [-0.3, -0.25) is 0 Å². The smallest absolute Gasteiger partial charge is 0.268 e. The van der Waals surface area contributed by atoms with E-state index in [2.05, 4.69) is 0 Å². The average Bonchev–Trinajstić information content (AvgIpc) is 2.86. The fraction of sp³-hybridized carbons (Fsp3) is 0.0714. The Hall–Kier alpha value is -3.83. The van der Waals surface area contributed by atoms with Gasteiger partial charge in [0.25, 0.3) is 10.0 Å². The normalized spacial score (nSPS) is 11.8. The van der Waals surface area contributed by atoms with E-state index < -0.39 is 10.0 Å². The van der Waals surface area contributed by atoms with Crippen molar-refractivity contribution in [3.05, 3.63) is 132 Å². The molecule has 4 nitrogen and oxygen atoms in total. The quantitative estimate of drug-likeness (QED) is 0.329. The Kier molecular flexibility index (Phi) is 6.61. The molecule has 4 aromatic carbocycles. The fourth-order valence-corrected chi connectivity index (χ4v) is 4.85. The number of hydrogen-bond acceptors (Lipinski definition) is 3. The lowest BCUT2D eigenvalue weighted by molar-refractivity contribution is 0.415. The molecule has 0 aromatic heterocycles. The second-order valence-corrected chi connectivity index (χ2v) is 9.40. The Balaban J connectivity index is 1.93. The predicted octanol–water partition coefficient (Wildman–Crippen LogP) is 6.29. The third-order valence-electron chi connectivity index (χ3n) is 5.32. The summed E-state index contributed by atoms with van der Waals surface area (Å²) in [5, 5.41) is 0. The molecule has 4 rings (SSSR count). The molecule has 0 bridgehead atoms. The van der Waals surface area contributed by atoms with E-state index >= 15 is 0 Å². The van der Waals surface area contributed by atoms with Gasteiger partial charge in [0.2, 0.25) is 0 Å². The van der Waals surface area contributed by atoms with Gasteiger partial charge in [0.1, 0.15) is 5.75 Å². The van der Waals surface area contributed by atoms with Gasteiger partial charge in [-0.05, 0) is 54.4 Å². The molecule has 0 N–H and O–H groups in total. The standard InChI is InChI=1S/C28H25NO3S/c1-22-13-19-27(20-14-22)33(30,31)29(25-11-7-4-8-12-25)21-28(23-9-5-3-6-10-23)24-15-17-26(32-2)18-16-24/h3-21H,1-2H3/b28-21+. The molecule has 0 atom stereocenters. The number of para-hydroxylation sites is 1. The summed E-state index contributed by atoms with van der Waals surface area (Å²) in [6, 6.07) is 33.4. The summed E-state index contributed by atoms with van der Waals surface area (Å²) in [6.45, 7) is 1.93. The number of nitrogens with zero attached hydrogens (tertiary/aromatic N) is 1. The number of anilines is 1. The Morgan fingerprint density at radius 1 is 0.727 bits per heavy atom. The van der Waals surface area contributed by atoms with Crippen molar-refractivity contribution in [1.29, 1.82) is 0 Å². The molecular weight excluding hydrogens is 430 g/mol. The summed E-state index contributed by atoms with van der Waals surface area (Å²) in [5.74, 6) is 0.735. The lowest BCUT2D eigenvalue weighted by Crippen LogP contribution is -2.26. The maximum absolute atomic E-state index is 13.8. The van der Waals surface area contributed by atoms with Crippen LogP contribution < -0.4 is 9.04 Å². The van der Waals surface area contributed by atoms with E-state index in [4.69, 9.17) is 4.74 Å². The largest absolute Gasteiger partial charge is 0.497 e. The number of ether oxygens (including phenoxy) is 1. The van der Waals surface area contributed by atoms with Crippen molar-refractivity contribution in [3.8, 4) is 5.75 Å². The molecule has 0 fully saturated rings. The highest BCUT2D eigenvalue weighted by molar-refractivity contribution is 7.93. The SMILES string of the molecule is COc1ccc(/C(=C/N(c2ccccc2)S(=O)(=O)c2ccc(C)cc2)c2ccccc2)cc1. The van der Waals surface area contributed by atoms with Gasteiger partial charge in [0.15, 0.2) is 0 Å². The number of sulfonamides is 1. The molecule has 0 saturated heterocycles. The van der Waals surface area contributed by atoms with Gasteiger partial charge < -0.3 is 4.74 Å². The number of aryl methyl sites for hydroxylation is 1. The highest BCUT2D eigenvalue weighted by Crippen LogP contribution is 2.31. The van der Waals surface area contributed by atoms with Crippen LogP contribution in [0, 0.1) is 6.92 Å². The van der Waals surface area contributed by atoms with Gasteiger partial charge in [-0.2, -0.15) is 0 Å². The van der Waals surface area contributed by atoms with Gasteiger partial charge >= 0.3 is 0 Å². The van der Waals surface area contributed by atoms with Crippen LogP contribution in [0.3, 0.4) is 0 Å². The first-order valence-electron chi connectivity index (χ1n) is 10.6. The zero-order valence-electron chi connectivity index (χ0n) is 18.5. The van der Waals surface area contributed by atoms with Gasteiger partial charge in [-0.25, -0.2) is 12.7 Å². The molecule has 4 aromatic rings. The maximum atomic E-state index is 13.8. The van der Waals surface area contributed by atoms with Crippen molar-refractivity contribution in [1.82, 2.24) is 0 Å². The maximum Gasteiger partial charge on any atom is 0.268 e. The van der Waals surface area contributed by atoms with E-state index in [-0.39, 0.29) is 4.90 Å². The van der Waals surface area contributed by atoms with Crippen molar-refractivity contribution >= 4 is 21.3 Å². The van der Waals surface area contributed by atoms with Crippen molar-refractivity contribution < 1.29 is 13.2 Å². The van der Waals surface area contributed by atoms with Crippen molar-refractivity contribution in [2.45, 2.75) is 11.8 Å². The van der Waals surface area contributed by atoms with Crippen molar-refractivity contribution in [2.75, 3.05) is 11.4 Å². The van der Waals surface area contributed by atoms with E-state index in [1.807, 2.05) is 79.7 Å². The molecule has 0 unspecified atom stereocenters. The van der Waals surface area contributed by atoms with E-state index in [9.17, 15) is 8.42 Å². The Labute approximate surface area is 195 Å². The second-order valence-electron chi connectivity index (χ2n) is 7.59. The first kappa shape index (κ1) is 22.4. The summed E-state index contributed by atoms with van der Waals surface area (Å²) in [4.78, 5) is 0.232. The monoisotopic (exact) mass is 455 g/mol. The van der Waals surface area contributed by atoms with E-state index in [1.54, 1.807) is 49.7 Å².